The Balaban J connectivity index is 2.01. The maximum absolute atomic E-state index is 9.33. The van der Waals surface area contributed by atoms with Gasteiger partial charge in [-0.1, -0.05) is 6.07 Å². The first-order valence-electron chi connectivity index (χ1n) is 6.66. The third-order valence-corrected chi connectivity index (χ3v) is 3.85. The third-order valence-electron chi connectivity index (χ3n) is 3.85. The molecule has 0 bridgehead atoms. The summed E-state index contributed by atoms with van der Waals surface area (Å²) in [7, 11) is 1.89. The molecule has 0 saturated carbocycles. The van der Waals surface area contributed by atoms with E-state index >= 15 is 0 Å². The van der Waals surface area contributed by atoms with Crippen LogP contribution in [0.15, 0.2) is 18.2 Å². The first-order chi connectivity index (χ1) is 9.60. The van der Waals surface area contributed by atoms with Crippen LogP contribution in [0.3, 0.4) is 0 Å². The molecule has 1 aliphatic heterocycles. The normalized spacial score (nSPS) is 13.9. The van der Waals surface area contributed by atoms with Gasteiger partial charge in [-0.25, -0.2) is 0 Å². The zero-order valence-electron chi connectivity index (χ0n) is 11.7. The number of nitrogen functional groups attached to an aromatic ring is 1. The summed E-state index contributed by atoms with van der Waals surface area (Å²) in [5, 5.41) is 13.7. The number of nitriles is 1. The molecule has 5 heteroatoms. The number of hydrogen-bond donors (Lipinski definition) is 1. The van der Waals surface area contributed by atoms with Crippen LogP contribution >= 0.6 is 0 Å². The minimum absolute atomic E-state index is 0.667. The number of rotatable bonds is 1. The first-order valence-corrected chi connectivity index (χ1v) is 6.66. The van der Waals surface area contributed by atoms with Gasteiger partial charge < -0.3 is 10.6 Å². The highest BCUT2D eigenvalue weighted by Crippen LogP contribution is 2.29. The summed E-state index contributed by atoms with van der Waals surface area (Å²) in [5.74, 6) is 0.901. The van der Waals surface area contributed by atoms with Crippen LogP contribution in [0.5, 0.6) is 0 Å². The SMILES string of the molecule is Cc1nn(C)c(N2CCc3ccc(N)cc3C2)c1C#N. The van der Waals surface area contributed by atoms with Gasteiger partial charge in [-0.3, -0.25) is 4.68 Å². The molecule has 0 amide bonds. The summed E-state index contributed by atoms with van der Waals surface area (Å²) in [5.41, 5.74) is 10.7. The predicted octanol–water partition coefficient (Wildman–Crippen LogP) is 1.75. The summed E-state index contributed by atoms with van der Waals surface area (Å²) in [6, 6.07) is 8.34. The molecule has 0 unspecified atom stereocenters. The predicted molar refractivity (Wildman–Crippen MR) is 78.3 cm³/mol. The van der Waals surface area contributed by atoms with Gasteiger partial charge in [0.25, 0.3) is 0 Å². The van der Waals surface area contributed by atoms with E-state index in [1.807, 2.05) is 26.1 Å². The molecule has 3 rings (SSSR count). The molecule has 2 aromatic rings. The van der Waals surface area contributed by atoms with Crippen molar-refractivity contribution in [1.29, 1.82) is 5.26 Å². The van der Waals surface area contributed by atoms with Crippen LogP contribution < -0.4 is 10.6 Å². The first kappa shape index (κ1) is 12.5. The molecule has 0 spiro atoms. The molecule has 2 heterocycles. The van der Waals surface area contributed by atoms with E-state index in [1.54, 1.807) is 4.68 Å². The van der Waals surface area contributed by atoms with Crippen molar-refractivity contribution in [2.45, 2.75) is 19.9 Å². The quantitative estimate of drug-likeness (QED) is 0.799. The van der Waals surface area contributed by atoms with E-state index in [1.165, 1.54) is 11.1 Å². The maximum atomic E-state index is 9.33. The fourth-order valence-corrected chi connectivity index (χ4v) is 2.90. The Morgan fingerprint density at radius 3 is 2.90 bits per heavy atom. The lowest BCUT2D eigenvalue weighted by Crippen LogP contribution is -2.32. The van der Waals surface area contributed by atoms with Crippen LogP contribution in [-0.2, 0) is 20.0 Å². The van der Waals surface area contributed by atoms with Gasteiger partial charge in [-0.2, -0.15) is 10.4 Å². The van der Waals surface area contributed by atoms with Gasteiger partial charge in [-0.05, 0) is 36.6 Å². The highest BCUT2D eigenvalue weighted by molar-refractivity contribution is 5.59. The Kier molecular flexibility index (Phi) is 2.87. The number of aryl methyl sites for hydroxylation is 2. The largest absolute Gasteiger partial charge is 0.399 e. The number of anilines is 2. The summed E-state index contributed by atoms with van der Waals surface area (Å²) in [4.78, 5) is 2.21. The molecule has 2 N–H and O–H groups in total. The summed E-state index contributed by atoms with van der Waals surface area (Å²) >= 11 is 0. The molecule has 1 aromatic carbocycles. The Hall–Kier alpha value is -2.48. The van der Waals surface area contributed by atoms with Crippen molar-refractivity contribution in [2.24, 2.45) is 7.05 Å². The molecule has 1 aliphatic rings. The van der Waals surface area contributed by atoms with Gasteiger partial charge >= 0.3 is 0 Å². The molecule has 0 saturated heterocycles. The fraction of sp³-hybridized carbons (Fsp3) is 0.333. The lowest BCUT2D eigenvalue weighted by molar-refractivity contribution is 0.668. The topological polar surface area (TPSA) is 70.9 Å². The molecule has 0 aliphatic carbocycles. The summed E-state index contributed by atoms with van der Waals surface area (Å²) < 4.78 is 1.80. The van der Waals surface area contributed by atoms with Crippen molar-refractivity contribution in [1.82, 2.24) is 9.78 Å². The standard InChI is InChI=1S/C15H17N5/c1-10-14(8-16)15(19(2)18-10)20-6-5-11-3-4-13(17)7-12(11)9-20/h3-4,7H,5-6,9,17H2,1-2H3. The molecule has 20 heavy (non-hydrogen) atoms. The van der Waals surface area contributed by atoms with Gasteiger partial charge in [0.05, 0.1) is 5.69 Å². The second kappa shape index (κ2) is 4.57. The van der Waals surface area contributed by atoms with E-state index in [4.69, 9.17) is 5.73 Å². The molecule has 0 atom stereocenters. The zero-order chi connectivity index (χ0) is 14.3. The smallest absolute Gasteiger partial charge is 0.145 e. The van der Waals surface area contributed by atoms with Gasteiger partial charge in [-0.15, -0.1) is 0 Å². The average molecular weight is 267 g/mol. The summed E-state index contributed by atoms with van der Waals surface area (Å²) in [6.45, 7) is 3.54. The van der Waals surface area contributed by atoms with Gasteiger partial charge in [0, 0.05) is 25.8 Å². The van der Waals surface area contributed by atoms with E-state index in [2.05, 4.69) is 22.1 Å². The van der Waals surface area contributed by atoms with Gasteiger partial charge in [0.15, 0.2) is 0 Å². The third kappa shape index (κ3) is 1.90. The molecule has 1 aromatic heterocycles. The van der Waals surface area contributed by atoms with Crippen LogP contribution in [0.2, 0.25) is 0 Å². The van der Waals surface area contributed by atoms with E-state index in [0.29, 0.717) is 5.56 Å². The molecule has 102 valence electrons. The second-order valence-electron chi connectivity index (χ2n) is 5.22. The molecular formula is C15H17N5. The molecular weight excluding hydrogens is 250 g/mol. The van der Waals surface area contributed by atoms with Crippen LogP contribution in [0.1, 0.15) is 22.4 Å². The number of fused-ring (bicyclic) bond motifs is 1. The van der Waals surface area contributed by atoms with E-state index < -0.39 is 0 Å². The number of nitrogens with zero attached hydrogens (tertiary/aromatic N) is 4. The molecule has 0 fully saturated rings. The van der Waals surface area contributed by atoms with Crippen molar-refractivity contribution in [3.63, 3.8) is 0 Å². The second-order valence-corrected chi connectivity index (χ2v) is 5.22. The Morgan fingerprint density at radius 1 is 1.35 bits per heavy atom. The average Bonchev–Trinajstić information content (AvgIpc) is 2.71. The lowest BCUT2D eigenvalue weighted by Gasteiger charge is -2.30. The van der Waals surface area contributed by atoms with E-state index in [0.717, 1.165) is 36.7 Å². The number of aromatic nitrogens is 2. The van der Waals surface area contributed by atoms with Crippen LogP contribution in [0.25, 0.3) is 0 Å². The number of nitrogens with two attached hydrogens (primary N) is 1. The van der Waals surface area contributed by atoms with Gasteiger partial charge in [0.2, 0.25) is 0 Å². The lowest BCUT2D eigenvalue weighted by atomic mass is 9.99. The maximum Gasteiger partial charge on any atom is 0.145 e. The number of hydrogen-bond acceptors (Lipinski definition) is 4. The minimum Gasteiger partial charge on any atom is -0.399 e. The summed E-state index contributed by atoms with van der Waals surface area (Å²) in [6.07, 6.45) is 0.963. The van der Waals surface area contributed by atoms with Crippen molar-refractivity contribution >= 4 is 11.5 Å². The van der Waals surface area contributed by atoms with Crippen LogP contribution in [0.4, 0.5) is 11.5 Å². The Bertz CT molecular complexity index is 708. The fourth-order valence-electron chi connectivity index (χ4n) is 2.90. The van der Waals surface area contributed by atoms with Gasteiger partial charge in [0.1, 0.15) is 17.5 Å². The Labute approximate surface area is 118 Å². The van der Waals surface area contributed by atoms with Crippen molar-refractivity contribution in [3.8, 4) is 6.07 Å². The van der Waals surface area contributed by atoms with Crippen LogP contribution in [-0.4, -0.2) is 16.3 Å². The van der Waals surface area contributed by atoms with E-state index in [9.17, 15) is 5.26 Å². The molecule has 0 radical (unpaired) electrons. The minimum atomic E-state index is 0.667. The van der Waals surface area contributed by atoms with Crippen LogP contribution in [0, 0.1) is 18.3 Å². The van der Waals surface area contributed by atoms with Crippen molar-refractivity contribution in [3.05, 3.63) is 40.6 Å². The van der Waals surface area contributed by atoms with Crippen molar-refractivity contribution < 1.29 is 0 Å². The monoisotopic (exact) mass is 267 g/mol. The highest BCUT2D eigenvalue weighted by Gasteiger charge is 2.23. The Morgan fingerprint density at radius 2 is 2.15 bits per heavy atom. The van der Waals surface area contributed by atoms with Crippen molar-refractivity contribution in [2.75, 3.05) is 17.2 Å². The zero-order valence-corrected chi connectivity index (χ0v) is 11.7. The number of benzene rings is 1. The van der Waals surface area contributed by atoms with E-state index in [-0.39, 0.29) is 0 Å². The highest BCUT2D eigenvalue weighted by atomic mass is 15.4. The molecule has 5 nitrogen and oxygen atoms in total.